The highest BCUT2D eigenvalue weighted by molar-refractivity contribution is 5.81. The van der Waals surface area contributed by atoms with E-state index in [0.29, 0.717) is 0 Å². The maximum absolute atomic E-state index is 12.9. The molecule has 0 saturated heterocycles. The summed E-state index contributed by atoms with van der Waals surface area (Å²) in [5.74, 6) is -1.22. The highest BCUT2D eigenvalue weighted by atomic mass is 19.4. The van der Waals surface area contributed by atoms with Gasteiger partial charge in [0.25, 0.3) is 0 Å². The summed E-state index contributed by atoms with van der Waals surface area (Å²) in [4.78, 5) is 12.2. The lowest BCUT2D eigenvalue weighted by Crippen LogP contribution is -2.55. The fourth-order valence-corrected chi connectivity index (χ4v) is 2.31. The third kappa shape index (κ3) is 8.07. The molecule has 1 aromatic carbocycles. The maximum atomic E-state index is 12.9. The van der Waals surface area contributed by atoms with Gasteiger partial charge >= 0.3 is 18.3 Å². The molecule has 0 unspecified atom stereocenters. The largest absolute Gasteiger partial charge is 0.459 e. The van der Waals surface area contributed by atoms with Crippen LogP contribution in [-0.2, 0) is 22.4 Å². The van der Waals surface area contributed by atoms with E-state index in [4.69, 9.17) is 10.5 Å². The Morgan fingerprint density at radius 3 is 1.65 bits per heavy atom. The average molecular weight is 385 g/mol. The van der Waals surface area contributed by atoms with Crippen molar-refractivity contribution in [1.29, 1.82) is 0 Å². The molecular weight excluding hydrogens is 364 g/mol. The van der Waals surface area contributed by atoms with Crippen LogP contribution in [0.2, 0.25) is 0 Å². The van der Waals surface area contributed by atoms with Gasteiger partial charge in [0.2, 0.25) is 0 Å². The normalized spacial score (nSPS) is 15.5. The third-order valence-corrected chi connectivity index (χ3v) is 3.27. The molecule has 0 saturated carbocycles. The van der Waals surface area contributed by atoms with E-state index >= 15 is 0 Å². The Hall–Kier alpha value is -1.77. The Labute approximate surface area is 147 Å². The molecule has 0 aliphatic carbocycles. The number of halogens is 6. The minimum Gasteiger partial charge on any atom is -0.459 e. The van der Waals surface area contributed by atoms with Crippen LogP contribution in [0.3, 0.4) is 0 Å². The molecule has 0 aliphatic rings. The molecule has 0 aromatic heterocycles. The van der Waals surface area contributed by atoms with E-state index in [-0.39, 0.29) is 11.1 Å². The molecule has 0 aliphatic heterocycles. The molecule has 0 amide bonds. The summed E-state index contributed by atoms with van der Waals surface area (Å²) in [6, 6.07) is 4.74. The Kier molecular flexibility index (Phi) is 6.39. The fourth-order valence-electron chi connectivity index (χ4n) is 2.31. The van der Waals surface area contributed by atoms with Crippen molar-refractivity contribution in [3.05, 3.63) is 35.4 Å². The number of esters is 1. The zero-order chi connectivity index (χ0) is 20.4. The first-order valence-corrected chi connectivity index (χ1v) is 7.73. The number of benzene rings is 1. The quantitative estimate of drug-likeness (QED) is 0.607. The van der Waals surface area contributed by atoms with Crippen molar-refractivity contribution in [2.75, 3.05) is 0 Å². The summed E-state index contributed by atoms with van der Waals surface area (Å²) in [5, 5.41) is 0. The number of nitrogens with two attached hydrogens (primary N) is 1. The lowest BCUT2D eigenvalue weighted by molar-refractivity contribution is -0.179. The highest BCUT2D eigenvalue weighted by Gasteiger charge is 2.47. The molecule has 0 bridgehead atoms. The van der Waals surface area contributed by atoms with Gasteiger partial charge in [-0.15, -0.1) is 0 Å². The Bertz CT molecular complexity index is 616. The van der Waals surface area contributed by atoms with Gasteiger partial charge in [-0.2, -0.15) is 26.3 Å². The summed E-state index contributed by atoms with van der Waals surface area (Å²) in [5.41, 5.74) is 2.47. The lowest BCUT2D eigenvalue weighted by Gasteiger charge is -2.32. The second kappa shape index (κ2) is 7.46. The van der Waals surface area contributed by atoms with Crippen molar-refractivity contribution in [2.45, 2.75) is 63.5 Å². The van der Waals surface area contributed by atoms with Gasteiger partial charge in [0.05, 0.1) is 12.8 Å². The van der Waals surface area contributed by atoms with Crippen LogP contribution in [0.1, 0.15) is 38.3 Å². The first-order chi connectivity index (χ1) is 11.5. The highest BCUT2D eigenvalue weighted by Crippen LogP contribution is 2.31. The topological polar surface area (TPSA) is 52.3 Å². The third-order valence-electron chi connectivity index (χ3n) is 3.27. The summed E-state index contributed by atoms with van der Waals surface area (Å²) in [7, 11) is 0. The summed E-state index contributed by atoms with van der Waals surface area (Å²) >= 11 is 0. The van der Waals surface area contributed by atoms with E-state index in [0.717, 1.165) is 12.1 Å². The first-order valence-electron chi connectivity index (χ1n) is 7.73. The molecule has 3 nitrogen and oxygen atoms in total. The standard InChI is InChI=1S/C17H21F6NO2/c1-14(2,3)26-13(25)15(24,10-17(21,22)23)8-11-4-6-12(7-5-11)9-16(18,19)20/h4-7H,8-10,24H2,1-3H3/t15-/m0/s1. The van der Waals surface area contributed by atoms with Crippen molar-refractivity contribution in [3.63, 3.8) is 0 Å². The number of hydrogen-bond acceptors (Lipinski definition) is 3. The molecule has 0 fully saturated rings. The minimum absolute atomic E-state index is 0.0445. The zero-order valence-corrected chi connectivity index (χ0v) is 14.6. The number of alkyl halides is 6. The Morgan fingerprint density at radius 1 is 0.885 bits per heavy atom. The maximum Gasteiger partial charge on any atom is 0.393 e. The van der Waals surface area contributed by atoms with E-state index in [1.165, 1.54) is 32.9 Å². The van der Waals surface area contributed by atoms with Crippen molar-refractivity contribution >= 4 is 5.97 Å². The Morgan fingerprint density at radius 2 is 1.31 bits per heavy atom. The van der Waals surface area contributed by atoms with Crippen LogP contribution in [0.25, 0.3) is 0 Å². The fraction of sp³-hybridized carbons (Fsp3) is 0.588. The van der Waals surface area contributed by atoms with Crippen LogP contribution in [-0.4, -0.2) is 29.5 Å². The van der Waals surface area contributed by atoms with Crippen molar-refractivity contribution in [2.24, 2.45) is 5.73 Å². The van der Waals surface area contributed by atoms with E-state index < -0.39 is 48.7 Å². The van der Waals surface area contributed by atoms with Gasteiger partial charge < -0.3 is 10.5 Å². The summed E-state index contributed by atoms with van der Waals surface area (Å²) in [6.45, 7) is 4.47. The zero-order valence-electron chi connectivity index (χ0n) is 14.6. The van der Waals surface area contributed by atoms with Crippen molar-refractivity contribution in [1.82, 2.24) is 0 Å². The molecule has 1 aromatic rings. The van der Waals surface area contributed by atoms with Crippen LogP contribution in [0.4, 0.5) is 26.3 Å². The molecule has 1 atom stereocenters. The predicted molar refractivity (Wildman–Crippen MR) is 83.3 cm³/mol. The Balaban J connectivity index is 3.04. The van der Waals surface area contributed by atoms with E-state index in [1.54, 1.807) is 0 Å². The number of ether oxygens (including phenoxy) is 1. The number of carbonyl (C=O) groups excluding carboxylic acids is 1. The lowest BCUT2D eigenvalue weighted by atomic mass is 9.87. The van der Waals surface area contributed by atoms with Crippen LogP contribution in [0, 0.1) is 0 Å². The SMILES string of the molecule is CC(C)(C)OC(=O)[C@](N)(Cc1ccc(CC(F)(F)F)cc1)CC(F)(F)F. The van der Waals surface area contributed by atoms with E-state index in [9.17, 15) is 31.1 Å². The van der Waals surface area contributed by atoms with Crippen molar-refractivity contribution < 1.29 is 35.9 Å². The van der Waals surface area contributed by atoms with E-state index in [1.807, 2.05) is 0 Å². The number of hydrogen-bond donors (Lipinski definition) is 1. The van der Waals surface area contributed by atoms with E-state index in [2.05, 4.69) is 0 Å². The molecule has 26 heavy (non-hydrogen) atoms. The predicted octanol–water partition coefficient (Wildman–Crippen LogP) is 4.33. The molecular formula is C17H21F6NO2. The molecule has 148 valence electrons. The molecule has 0 radical (unpaired) electrons. The van der Waals surface area contributed by atoms with Crippen molar-refractivity contribution in [3.8, 4) is 0 Å². The molecule has 0 heterocycles. The van der Waals surface area contributed by atoms with Gasteiger partial charge in [-0.25, -0.2) is 0 Å². The molecule has 1 rings (SSSR count). The summed E-state index contributed by atoms with van der Waals surface area (Å²) in [6.07, 6.45) is -12.4. The molecule has 0 spiro atoms. The van der Waals surface area contributed by atoms with Crippen LogP contribution >= 0.6 is 0 Å². The van der Waals surface area contributed by atoms with Crippen LogP contribution < -0.4 is 5.73 Å². The first kappa shape index (κ1) is 22.3. The second-order valence-corrected chi connectivity index (χ2v) is 7.24. The van der Waals surface area contributed by atoms with Crippen LogP contribution in [0.5, 0.6) is 0 Å². The smallest absolute Gasteiger partial charge is 0.393 e. The average Bonchev–Trinajstić information content (AvgIpc) is 2.35. The minimum atomic E-state index is -4.72. The number of carbonyl (C=O) groups is 1. The molecule has 9 heteroatoms. The summed E-state index contributed by atoms with van der Waals surface area (Å²) < 4.78 is 80.7. The van der Waals surface area contributed by atoms with Gasteiger partial charge in [-0.05, 0) is 31.9 Å². The monoisotopic (exact) mass is 385 g/mol. The van der Waals surface area contributed by atoms with Gasteiger partial charge in [-0.1, -0.05) is 24.3 Å². The number of rotatable bonds is 5. The van der Waals surface area contributed by atoms with Gasteiger partial charge in [0.15, 0.2) is 0 Å². The van der Waals surface area contributed by atoms with Gasteiger partial charge in [0.1, 0.15) is 11.1 Å². The van der Waals surface area contributed by atoms with Gasteiger partial charge in [0, 0.05) is 6.42 Å². The van der Waals surface area contributed by atoms with Crippen LogP contribution in [0.15, 0.2) is 24.3 Å². The second-order valence-electron chi connectivity index (χ2n) is 7.24. The molecule has 2 N–H and O–H groups in total. The van der Waals surface area contributed by atoms with Gasteiger partial charge in [-0.3, -0.25) is 4.79 Å².